The maximum absolute atomic E-state index is 11.9. The molecule has 2 aromatic rings. The Bertz CT molecular complexity index is 869. The van der Waals surface area contributed by atoms with Gasteiger partial charge in [0.25, 0.3) is 5.69 Å². The zero-order valence-corrected chi connectivity index (χ0v) is 15.1. The fourth-order valence-corrected chi connectivity index (χ4v) is 2.29. The van der Waals surface area contributed by atoms with Crippen LogP contribution in [0.15, 0.2) is 48.5 Å². The molecule has 0 aromatic heterocycles. The summed E-state index contributed by atoms with van der Waals surface area (Å²) in [6.07, 6.45) is 2.94. The van der Waals surface area contributed by atoms with E-state index < -0.39 is 10.8 Å². The van der Waals surface area contributed by atoms with Gasteiger partial charge in [-0.1, -0.05) is 23.7 Å². The first-order valence-electron chi connectivity index (χ1n) is 7.27. The van der Waals surface area contributed by atoms with Gasteiger partial charge >= 0.3 is 0 Å². The second-order valence-electron chi connectivity index (χ2n) is 4.97. The van der Waals surface area contributed by atoms with Gasteiger partial charge < -0.3 is 10.1 Å². The van der Waals surface area contributed by atoms with Crippen molar-refractivity contribution in [3.8, 4) is 5.75 Å². The van der Waals surface area contributed by atoms with Gasteiger partial charge in [0.05, 0.1) is 23.8 Å². The molecule has 0 atom stereocenters. The summed E-state index contributed by atoms with van der Waals surface area (Å²) in [5, 5.41) is 16.7. The van der Waals surface area contributed by atoms with Gasteiger partial charge in [-0.05, 0) is 42.1 Å². The Morgan fingerprint density at radius 3 is 2.58 bits per heavy atom. The molecule has 1 amide bonds. The van der Waals surface area contributed by atoms with Crippen LogP contribution in [0.1, 0.15) is 5.56 Å². The first-order valence-corrected chi connectivity index (χ1v) is 8.05. The van der Waals surface area contributed by atoms with Crippen molar-refractivity contribution in [2.75, 3.05) is 12.4 Å². The molecule has 9 heteroatoms. The number of benzene rings is 2. The molecule has 26 heavy (non-hydrogen) atoms. The molecule has 0 heterocycles. The number of nitro benzene ring substituents is 1. The van der Waals surface area contributed by atoms with E-state index in [2.05, 4.69) is 10.6 Å². The number of rotatable bonds is 5. The molecule has 134 valence electrons. The third kappa shape index (κ3) is 5.54. The average molecular weight is 392 g/mol. The Hall–Kier alpha value is -2.97. The molecular formula is C17H14ClN3O4S. The van der Waals surface area contributed by atoms with E-state index in [-0.39, 0.29) is 16.5 Å². The van der Waals surface area contributed by atoms with Crippen LogP contribution in [0.3, 0.4) is 0 Å². The minimum absolute atomic E-state index is 0.0305. The zero-order valence-electron chi connectivity index (χ0n) is 13.6. The van der Waals surface area contributed by atoms with Gasteiger partial charge in [-0.2, -0.15) is 0 Å². The predicted octanol–water partition coefficient (Wildman–Crippen LogP) is 3.78. The van der Waals surface area contributed by atoms with E-state index in [0.29, 0.717) is 10.7 Å². The molecule has 0 aliphatic rings. The number of nitrogens with one attached hydrogen (secondary N) is 2. The summed E-state index contributed by atoms with van der Waals surface area (Å²) in [7, 11) is 1.38. The van der Waals surface area contributed by atoms with E-state index in [4.69, 9.17) is 28.6 Å². The summed E-state index contributed by atoms with van der Waals surface area (Å²) in [5.41, 5.74) is 1.08. The second-order valence-corrected chi connectivity index (χ2v) is 5.81. The summed E-state index contributed by atoms with van der Waals surface area (Å²) in [5.74, 6) is -0.203. The van der Waals surface area contributed by atoms with Gasteiger partial charge in [-0.3, -0.25) is 20.2 Å². The van der Waals surface area contributed by atoms with Crippen LogP contribution in [-0.2, 0) is 4.79 Å². The number of nitrogens with zero attached hydrogens (tertiary/aromatic N) is 1. The fourth-order valence-electron chi connectivity index (χ4n) is 1.95. The maximum atomic E-state index is 11.9. The summed E-state index contributed by atoms with van der Waals surface area (Å²) in [6.45, 7) is 0. The topological polar surface area (TPSA) is 93.5 Å². The number of nitro groups is 1. The monoisotopic (exact) mass is 391 g/mol. The van der Waals surface area contributed by atoms with E-state index in [1.54, 1.807) is 30.3 Å². The number of carbonyl (C=O) groups is 1. The lowest BCUT2D eigenvalue weighted by atomic mass is 10.2. The largest absolute Gasteiger partial charge is 0.494 e. The lowest BCUT2D eigenvalue weighted by Gasteiger charge is -2.11. The molecule has 2 N–H and O–H groups in total. The van der Waals surface area contributed by atoms with E-state index in [9.17, 15) is 14.9 Å². The third-order valence-corrected chi connectivity index (χ3v) is 3.63. The molecular weight excluding hydrogens is 378 g/mol. The van der Waals surface area contributed by atoms with Crippen molar-refractivity contribution < 1.29 is 14.5 Å². The maximum Gasteiger partial charge on any atom is 0.273 e. The minimum Gasteiger partial charge on any atom is -0.494 e. The molecule has 0 unspecified atom stereocenters. The van der Waals surface area contributed by atoms with Gasteiger partial charge in [-0.15, -0.1) is 0 Å². The average Bonchev–Trinajstić information content (AvgIpc) is 2.61. The van der Waals surface area contributed by atoms with Crippen LogP contribution >= 0.6 is 23.8 Å². The number of halogens is 1. The van der Waals surface area contributed by atoms with Crippen LogP contribution in [-0.4, -0.2) is 23.1 Å². The van der Waals surface area contributed by atoms with Crippen molar-refractivity contribution in [2.45, 2.75) is 0 Å². The quantitative estimate of drug-likeness (QED) is 0.348. The van der Waals surface area contributed by atoms with Crippen LogP contribution in [0.5, 0.6) is 5.75 Å². The van der Waals surface area contributed by atoms with Gasteiger partial charge in [0.1, 0.15) is 5.75 Å². The number of hydrogen-bond donors (Lipinski definition) is 2. The molecule has 0 saturated heterocycles. The van der Waals surface area contributed by atoms with Gasteiger partial charge in [-0.25, -0.2) is 0 Å². The van der Waals surface area contributed by atoms with Crippen molar-refractivity contribution in [1.29, 1.82) is 0 Å². The number of hydrogen-bond acceptors (Lipinski definition) is 5. The lowest BCUT2D eigenvalue weighted by Crippen LogP contribution is -2.32. The SMILES string of the molecule is COc1cc([N+](=O)[O-])ccc1NC(=S)NC(=O)C=Cc1ccc(Cl)cc1. The van der Waals surface area contributed by atoms with Crippen molar-refractivity contribution in [3.05, 3.63) is 69.2 Å². The van der Waals surface area contributed by atoms with Crippen molar-refractivity contribution >= 4 is 52.3 Å². The molecule has 2 aromatic carbocycles. The zero-order chi connectivity index (χ0) is 19.1. The molecule has 0 aliphatic carbocycles. The Morgan fingerprint density at radius 1 is 1.27 bits per heavy atom. The highest BCUT2D eigenvalue weighted by atomic mass is 35.5. The molecule has 0 spiro atoms. The van der Waals surface area contributed by atoms with Gasteiger partial charge in [0, 0.05) is 17.2 Å². The van der Waals surface area contributed by atoms with Gasteiger partial charge in [0.15, 0.2) is 5.11 Å². The highest BCUT2D eigenvalue weighted by Crippen LogP contribution is 2.28. The third-order valence-electron chi connectivity index (χ3n) is 3.18. The van der Waals surface area contributed by atoms with Crippen molar-refractivity contribution in [3.63, 3.8) is 0 Å². The molecule has 0 aliphatic heterocycles. The highest BCUT2D eigenvalue weighted by Gasteiger charge is 2.12. The summed E-state index contributed by atoms with van der Waals surface area (Å²) in [4.78, 5) is 22.2. The lowest BCUT2D eigenvalue weighted by molar-refractivity contribution is -0.384. The fraction of sp³-hybridized carbons (Fsp3) is 0.0588. The van der Waals surface area contributed by atoms with Gasteiger partial charge in [0.2, 0.25) is 5.91 Å². The summed E-state index contributed by atoms with van der Waals surface area (Å²) >= 11 is 10.9. The normalized spacial score (nSPS) is 10.4. The number of carbonyl (C=O) groups excluding carboxylic acids is 1. The second kappa shape index (κ2) is 8.93. The Labute approximate surface area is 159 Å². The smallest absolute Gasteiger partial charge is 0.273 e. The molecule has 0 radical (unpaired) electrons. The van der Waals surface area contributed by atoms with Crippen molar-refractivity contribution in [1.82, 2.24) is 5.32 Å². The van der Waals surface area contributed by atoms with E-state index in [1.807, 2.05) is 0 Å². The predicted molar refractivity (Wildman–Crippen MR) is 104 cm³/mol. The van der Waals surface area contributed by atoms with Crippen LogP contribution in [0.2, 0.25) is 5.02 Å². The molecule has 7 nitrogen and oxygen atoms in total. The van der Waals surface area contributed by atoms with Crippen molar-refractivity contribution in [2.24, 2.45) is 0 Å². The number of anilines is 1. The number of methoxy groups -OCH3 is 1. The summed E-state index contributed by atoms with van der Waals surface area (Å²) < 4.78 is 5.09. The molecule has 0 saturated carbocycles. The standard InChI is InChI=1S/C17H14ClN3O4S/c1-25-15-10-13(21(23)24)7-8-14(15)19-17(26)20-16(22)9-4-11-2-5-12(18)6-3-11/h2-10H,1H3,(H2,19,20,22,26). The van der Waals surface area contributed by atoms with E-state index in [0.717, 1.165) is 5.56 Å². The van der Waals surface area contributed by atoms with Crippen LogP contribution < -0.4 is 15.4 Å². The number of ether oxygens (including phenoxy) is 1. The van der Waals surface area contributed by atoms with E-state index >= 15 is 0 Å². The van der Waals surface area contributed by atoms with Crippen LogP contribution in [0.4, 0.5) is 11.4 Å². The Morgan fingerprint density at radius 2 is 1.96 bits per heavy atom. The number of non-ortho nitro benzene ring substituents is 1. The molecule has 2 rings (SSSR count). The number of amides is 1. The van der Waals surface area contributed by atoms with Crippen LogP contribution in [0, 0.1) is 10.1 Å². The van der Waals surface area contributed by atoms with Crippen LogP contribution in [0.25, 0.3) is 6.08 Å². The summed E-state index contributed by atoms with van der Waals surface area (Å²) in [6, 6.07) is 11.0. The Kier molecular flexibility index (Phi) is 6.65. The number of thiocarbonyl (C=S) groups is 1. The minimum atomic E-state index is -0.534. The van der Waals surface area contributed by atoms with E-state index in [1.165, 1.54) is 31.4 Å². The first kappa shape index (κ1) is 19.4. The Balaban J connectivity index is 1.98. The highest BCUT2D eigenvalue weighted by molar-refractivity contribution is 7.80. The first-order chi connectivity index (χ1) is 12.4. The molecule has 0 fully saturated rings. The molecule has 0 bridgehead atoms.